The Balaban J connectivity index is 1.75. The fourth-order valence-electron chi connectivity index (χ4n) is 2.03. The molecule has 0 aliphatic carbocycles. The summed E-state index contributed by atoms with van der Waals surface area (Å²) in [5, 5.41) is 14.7. The van der Waals surface area contributed by atoms with Gasteiger partial charge in [-0.2, -0.15) is 0 Å². The van der Waals surface area contributed by atoms with Crippen molar-refractivity contribution in [3.05, 3.63) is 68.9 Å². The van der Waals surface area contributed by atoms with Gasteiger partial charge in [-0.05, 0) is 13.0 Å². The van der Waals surface area contributed by atoms with Gasteiger partial charge < -0.3 is 15.0 Å². The summed E-state index contributed by atoms with van der Waals surface area (Å²) in [7, 11) is 0. The van der Waals surface area contributed by atoms with Crippen LogP contribution in [0, 0.1) is 17.0 Å². The first kappa shape index (κ1) is 17.3. The van der Waals surface area contributed by atoms with E-state index in [2.05, 4.69) is 10.1 Å². The number of furan rings is 1. The number of thiazole rings is 1. The third-order valence-corrected chi connectivity index (χ3v) is 4.44. The number of nitrogens with two attached hydrogens (primary N) is 1. The second kappa shape index (κ2) is 7.15. The molecule has 0 aliphatic heterocycles. The quantitative estimate of drug-likeness (QED) is 0.239. The van der Waals surface area contributed by atoms with Crippen molar-refractivity contribution in [3.8, 4) is 10.6 Å². The second-order valence-electron chi connectivity index (χ2n) is 5.05. The molecule has 9 nitrogen and oxygen atoms in total. The van der Waals surface area contributed by atoms with E-state index >= 15 is 0 Å². The Bertz CT molecular complexity index is 993. The lowest BCUT2D eigenvalue weighted by molar-refractivity contribution is -0.402. The molecular formula is C16H12N4O5S. The summed E-state index contributed by atoms with van der Waals surface area (Å²) in [4.78, 5) is 31.5. The molecule has 0 unspecified atom stereocenters. The number of rotatable bonds is 5. The van der Waals surface area contributed by atoms with Crippen molar-refractivity contribution >= 4 is 29.0 Å². The Morgan fingerprint density at radius 3 is 2.69 bits per heavy atom. The van der Waals surface area contributed by atoms with Gasteiger partial charge in [-0.1, -0.05) is 35.5 Å². The predicted octanol–water partition coefficient (Wildman–Crippen LogP) is 3.10. The Kier molecular flexibility index (Phi) is 4.76. The minimum atomic E-state index is -0.730. The first-order chi connectivity index (χ1) is 12.5. The molecule has 2 N–H and O–H groups in total. The van der Waals surface area contributed by atoms with Crippen molar-refractivity contribution in [2.24, 2.45) is 10.9 Å². The molecule has 0 spiro atoms. The molecule has 3 aromatic rings. The number of hydrogen-bond donors (Lipinski definition) is 1. The van der Waals surface area contributed by atoms with Crippen LogP contribution in [0.3, 0.4) is 0 Å². The average molecular weight is 372 g/mol. The van der Waals surface area contributed by atoms with E-state index < -0.39 is 16.8 Å². The van der Waals surface area contributed by atoms with Crippen molar-refractivity contribution in [3.63, 3.8) is 0 Å². The minimum Gasteiger partial charge on any atom is -0.397 e. The molecule has 1 aromatic carbocycles. The Morgan fingerprint density at radius 1 is 1.31 bits per heavy atom. The van der Waals surface area contributed by atoms with Crippen molar-refractivity contribution in [2.45, 2.75) is 6.92 Å². The third-order valence-electron chi connectivity index (χ3n) is 3.25. The molecule has 0 saturated carbocycles. The van der Waals surface area contributed by atoms with Gasteiger partial charge in [0.1, 0.15) is 14.8 Å². The van der Waals surface area contributed by atoms with Crippen molar-refractivity contribution in [2.75, 3.05) is 0 Å². The lowest BCUT2D eigenvalue weighted by Crippen LogP contribution is -2.14. The van der Waals surface area contributed by atoms with E-state index in [4.69, 9.17) is 15.0 Å². The number of aryl methyl sites for hydroxylation is 1. The topological polar surface area (TPSA) is 134 Å². The maximum Gasteiger partial charge on any atom is 0.433 e. The number of benzene rings is 1. The van der Waals surface area contributed by atoms with E-state index in [-0.39, 0.29) is 16.5 Å². The molecular weight excluding hydrogens is 360 g/mol. The molecule has 2 heterocycles. The van der Waals surface area contributed by atoms with Crippen LogP contribution in [-0.2, 0) is 4.84 Å². The highest BCUT2D eigenvalue weighted by molar-refractivity contribution is 7.17. The van der Waals surface area contributed by atoms with E-state index in [1.54, 1.807) is 6.92 Å². The Labute approximate surface area is 150 Å². The summed E-state index contributed by atoms with van der Waals surface area (Å²) in [6, 6.07) is 11.8. The molecule has 2 aromatic heterocycles. The number of nitro groups is 1. The molecule has 132 valence electrons. The zero-order valence-corrected chi connectivity index (χ0v) is 14.2. The highest BCUT2D eigenvalue weighted by Crippen LogP contribution is 2.28. The van der Waals surface area contributed by atoms with Crippen LogP contribution in [-0.4, -0.2) is 21.7 Å². The van der Waals surface area contributed by atoms with Gasteiger partial charge >= 0.3 is 11.9 Å². The molecule has 3 rings (SSSR count). The fourth-order valence-corrected chi connectivity index (χ4v) is 2.97. The van der Waals surface area contributed by atoms with Gasteiger partial charge in [-0.15, -0.1) is 11.3 Å². The smallest absolute Gasteiger partial charge is 0.397 e. The summed E-state index contributed by atoms with van der Waals surface area (Å²) in [6.45, 7) is 1.68. The Morgan fingerprint density at radius 2 is 2.04 bits per heavy atom. The molecule has 0 atom stereocenters. The van der Waals surface area contributed by atoms with Gasteiger partial charge in [-0.25, -0.2) is 9.78 Å². The van der Waals surface area contributed by atoms with Crippen molar-refractivity contribution in [1.29, 1.82) is 0 Å². The first-order valence-corrected chi connectivity index (χ1v) is 8.09. The van der Waals surface area contributed by atoms with E-state index in [0.717, 1.165) is 11.6 Å². The van der Waals surface area contributed by atoms with Gasteiger partial charge in [0, 0.05) is 5.56 Å². The number of amidine groups is 1. The van der Waals surface area contributed by atoms with Crippen LogP contribution in [0.4, 0.5) is 5.88 Å². The maximum absolute atomic E-state index is 12.2. The van der Waals surface area contributed by atoms with Crippen LogP contribution in [0.25, 0.3) is 10.6 Å². The van der Waals surface area contributed by atoms with Crippen molar-refractivity contribution < 1.29 is 19.0 Å². The van der Waals surface area contributed by atoms with Crippen LogP contribution in [0.15, 0.2) is 52.0 Å². The second-order valence-corrected chi connectivity index (χ2v) is 6.05. The van der Waals surface area contributed by atoms with E-state index in [0.29, 0.717) is 10.7 Å². The molecule has 26 heavy (non-hydrogen) atoms. The number of aromatic nitrogens is 1. The number of oxime groups is 1. The van der Waals surface area contributed by atoms with E-state index in [1.165, 1.54) is 17.4 Å². The van der Waals surface area contributed by atoms with Crippen LogP contribution in [0.2, 0.25) is 0 Å². The lowest BCUT2D eigenvalue weighted by atomic mass is 10.2. The zero-order valence-electron chi connectivity index (χ0n) is 13.4. The van der Waals surface area contributed by atoms with Crippen LogP contribution >= 0.6 is 11.3 Å². The summed E-state index contributed by atoms with van der Waals surface area (Å²) >= 11 is 1.17. The number of hydrogen-bond acceptors (Lipinski definition) is 8. The molecule has 0 saturated heterocycles. The standard InChI is InChI=1S/C16H12N4O5S/c1-9-13(26-15(18-9)10-5-3-2-4-6-10)16(21)25-19-14(17)11-7-8-12(24-11)20(22)23/h2-8H,1H3,(H2,17,19). The van der Waals surface area contributed by atoms with Gasteiger partial charge in [0.15, 0.2) is 5.76 Å². The SMILES string of the molecule is Cc1nc(-c2ccccc2)sc1C(=O)ON=C(N)c1ccc([N+](=O)[O-])o1. The van der Waals surface area contributed by atoms with Gasteiger partial charge in [0.2, 0.25) is 5.84 Å². The summed E-state index contributed by atoms with van der Waals surface area (Å²) in [5.74, 6) is -1.59. The normalized spacial score (nSPS) is 11.3. The maximum atomic E-state index is 12.2. The highest BCUT2D eigenvalue weighted by atomic mass is 32.1. The first-order valence-electron chi connectivity index (χ1n) is 7.28. The molecule has 10 heteroatoms. The number of carbonyl (C=O) groups is 1. The number of carbonyl (C=O) groups excluding carboxylic acids is 1. The monoisotopic (exact) mass is 372 g/mol. The molecule has 0 fully saturated rings. The average Bonchev–Trinajstić information content (AvgIpc) is 3.27. The van der Waals surface area contributed by atoms with E-state index in [9.17, 15) is 14.9 Å². The van der Waals surface area contributed by atoms with Crippen LogP contribution in [0.5, 0.6) is 0 Å². The van der Waals surface area contributed by atoms with E-state index in [1.807, 2.05) is 30.3 Å². The summed E-state index contributed by atoms with van der Waals surface area (Å²) in [5.41, 5.74) is 6.99. The van der Waals surface area contributed by atoms with Crippen molar-refractivity contribution in [1.82, 2.24) is 4.98 Å². The van der Waals surface area contributed by atoms with Crippen LogP contribution < -0.4 is 5.73 Å². The third kappa shape index (κ3) is 3.59. The highest BCUT2D eigenvalue weighted by Gasteiger charge is 2.19. The van der Waals surface area contributed by atoms with Gasteiger partial charge in [0.25, 0.3) is 0 Å². The summed E-state index contributed by atoms with van der Waals surface area (Å²) in [6.07, 6.45) is 0. The largest absolute Gasteiger partial charge is 0.433 e. The van der Waals surface area contributed by atoms with Crippen LogP contribution in [0.1, 0.15) is 21.1 Å². The molecule has 0 radical (unpaired) electrons. The fraction of sp³-hybridized carbons (Fsp3) is 0.0625. The zero-order chi connectivity index (χ0) is 18.7. The number of nitrogens with zero attached hydrogens (tertiary/aromatic N) is 3. The summed E-state index contributed by atoms with van der Waals surface area (Å²) < 4.78 is 4.87. The molecule has 0 amide bonds. The van der Waals surface area contributed by atoms with Gasteiger partial charge in [0.05, 0.1) is 11.8 Å². The minimum absolute atomic E-state index is 0.0736. The molecule has 0 aliphatic rings. The Hall–Kier alpha value is -3.53. The molecule has 0 bridgehead atoms. The van der Waals surface area contributed by atoms with Gasteiger partial charge in [-0.3, -0.25) is 10.1 Å². The lowest BCUT2D eigenvalue weighted by Gasteiger charge is -1.97. The predicted molar refractivity (Wildman–Crippen MR) is 93.8 cm³/mol.